The van der Waals surface area contributed by atoms with Crippen LogP contribution >= 0.6 is 27.7 Å². The van der Waals surface area contributed by atoms with Crippen molar-refractivity contribution in [2.75, 3.05) is 17.7 Å². The maximum absolute atomic E-state index is 13.3. The van der Waals surface area contributed by atoms with Crippen LogP contribution in [-0.2, 0) is 9.59 Å². The molecule has 208 valence electrons. The van der Waals surface area contributed by atoms with Gasteiger partial charge in [0.25, 0.3) is 11.8 Å². The Hall–Kier alpha value is -4.34. The molecule has 0 saturated carbocycles. The minimum atomic E-state index is -0.486. The number of halogens is 1. The lowest BCUT2D eigenvalue weighted by Crippen LogP contribution is -2.30. The summed E-state index contributed by atoms with van der Waals surface area (Å²) in [6.07, 6.45) is 1.59. The molecule has 4 rings (SSSR count). The van der Waals surface area contributed by atoms with Crippen LogP contribution in [0, 0.1) is 0 Å². The zero-order chi connectivity index (χ0) is 29.2. The number of carbonyl (C=O) groups excluding carboxylic acids is 3. The van der Waals surface area contributed by atoms with Crippen LogP contribution in [0.25, 0.3) is 6.08 Å². The van der Waals surface area contributed by atoms with E-state index in [0.29, 0.717) is 22.6 Å². The van der Waals surface area contributed by atoms with Crippen molar-refractivity contribution in [3.05, 3.63) is 124 Å². The molecule has 0 fully saturated rings. The van der Waals surface area contributed by atoms with Crippen LogP contribution in [0.15, 0.2) is 118 Å². The second-order valence-electron chi connectivity index (χ2n) is 8.89. The standard InChI is InChI=1S/C32H28BrN3O4S/c1-21(30(37)34-25-13-11-24(33)12-14-25)41-28-17-15-26(16-18-28)35-32(39)29(20-22-7-6-10-27(19-22)40-2)36-31(38)23-8-4-3-5-9-23/h3-21H,1-2H3,(H,34,37)(H,35,39)(H,36,38)/b29-20-. The third-order valence-corrected chi connectivity index (χ3v) is 7.48. The molecule has 0 saturated heterocycles. The van der Waals surface area contributed by atoms with Gasteiger partial charge in [-0.2, -0.15) is 0 Å². The average Bonchev–Trinajstić information content (AvgIpc) is 2.99. The summed E-state index contributed by atoms with van der Waals surface area (Å²) in [7, 11) is 1.56. The number of benzene rings is 4. The summed E-state index contributed by atoms with van der Waals surface area (Å²) in [4.78, 5) is 39.6. The molecule has 0 aliphatic carbocycles. The molecule has 3 amide bonds. The molecule has 3 N–H and O–H groups in total. The molecule has 41 heavy (non-hydrogen) atoms. The minimum absolute atomic E-state index is 0.0730. The third kappa shape index (κ3) is 8.83. The van der Waals surface area contributed by atoms with Crippen molar-refractivity contribution >= 4 is 62.9 Å². The summed E-state index contributed by atoms with van der Waals surface area (Å²) in [5, 5.41) is 8.14. The average molecular weight is 631 g/mol. The Morgan fingerprint density at radius 1 is 0.829 bits per heavy atom. The van der Waals surface area contributed by atoms with Crippen LogP contribution in [-0.4, -0.2) is 30.1 Å². The van der Waals surface area contributed by atoms with Gasteiger partial charge in [-0.3, -0.25) is 14.4 Å². The summed E-state index contributed by atoms with van der Waals surface area (Å²) < 4.78 is 6.22. The van der Waals surface area contributed by atoms with E-state index in [-0.39, 0.29) is 16.9 Å². The molecule has 0 aliphatic rings. The van der Waals surface area contributed by atoms with E-state index in [4.69, 9.17) is 4.74 Å². The second kappa shape index (κ2) is 14.3. The van der Waals surface area contributed by atoms with Crippen molar-refractivity contribution < 1.29 is 19.1 Å². The SMILES string of the molecule is COc1cccc(/C=C(\NC(=O)c2ccccc2)C(=O)Nc2ccc(SC(C)C(=O)Nc3ccc(Br)cc3)cc2)c1. The first-order chi connectivity index (χ1) is 19.8. The number of amides is 3. The highest BCUT2D eigenvalue weighted by molar-refractivity contribution is 9.10. The lowest BCUT2D eigenvalue weighted by molar-refractivity contribution is -0.115. The molecule has 1 atom stereocenters. The van der Waals surface area contributed by atoms with Crippen molar-refractivity contribution in [3.63, 3.8) is 0 Å². The molecular weight excluding hydrogens is 602 g/mol. The highest BCUT2D eigenvalue weighted by Gasteiger charge is 2.17. The molecule has 7 nitrogen and oxygen atoms in total. The molecule has 0 spiro atoms. The van der Waals surface area contributed by atoms with E-state index in [9.17, 15) is 14.4 Å². The van der Waals surface area contributed by atoms with Gasteiger partial charge in [-0.1, -0.05) is 46.3 Å². The molecule has 0 radical (unpaired) electrons. The van der Waals surface area contributed by atoms with Gasteiger partial charge in [-0.25, -0.2) is 0 Å². The van der Waals surface area contributed by atoms with E-state index in [1.54, 1.807) is 67.8 Å². The van der Waals surface area contributed by atoms with E-state index < -0.39 is 11.8 Å². The van der Waals surface area contributed by atoms with Crippen molar-refractivity contribution in [1.82, 2.24) is 5.32 Å². The predicted octanol–water partition coefficient (Wildman–Crippen LogP) is 6.99. The fourth-order valence-electron chi connectivity index (χ4n) is 3.69. The Bertz CT molecular complexity index is 1540. The molecule has 0 heterocycles. The zero-order valence-electron chi connectivity index (χ0n) is 22.4. The van der Waals surface area contributed by atoms with Crippen LogP contribution in [0.2, 0.25) is 0 Å². The van der Waals surface area contributed by atoms with Gasteiger partial charge in [-0.15, -0.1) is 11.8 Å². The van der Waals surface area contributed by atoms with E-state index >= 15 is 0 Å². The van der Waals surface area contributed by atoms with Crippen LogP contribution in [0.1, 0.15) is 22.8 Å². The summed E-state index contributed by atoms with van der Waals surface area (Å²) in [6.45, 7) is 1.83. The van der Waals surface area contributed by atoms with Crippen molar-refractivity contribution in [1.29, 1.82) is 0 Å². The quantitative estimate of drug-likeness (QED) is 0.130. The Labute approximate surface area is 251 Å². The smallest absolute Gasteiger partial charge is 0.272 e. The van der Waals surface area contributed by atoms with Gasteiger partial charge in [0.1, 0.15) is 11.4 Å². The lowest BCUT2D eigenvalue weighted by Gasteiger charge is -2.14. The Kier molecular flexibility index (Phi) is 10.4. The van der Waals surface area contributed by atoms with E-state index in [1.807, 2.05) is 55.5 Å². The van der Waals surface area contributed by atoms with E-state index in [1.165, 1.54) is 11.8 Å². The summed E-state index contributed by atoms with van der Waals surface area (Å²) >= 11 is 4.79. The number of rotatable bonds is 10. The van der Waals surface area contributed by atoms with Gasteiger partial charge in [0.05, 0.1) is 12.4 Å². The number of hydrogen-bond donors (Lipinski definition) is 3. The number of ether oxygens (including phenoxy) is 1. The molecule has 4 aromatic rings. The largest absolute Gasteiger partial charge is 0.497 e. The minimum Gasteiger partial charge on any atom is -0.497 e. The van der Waals surface area contributed by atoms with Gasteiger partial charge in [0.2, 0.25) is 5.91 Å². The number of nitrogens with one attached hydrogen (secondary N) is 3. The Balaban J connectivity index is 1.44. The molecule has 0 aliphatic heterocycles. The first-order valence-corrected chi connectivity index (χ1v) is 14.3. The van der Waals surface area contributed by atoms with Crippen LogP contribution in [0.4, 0.5) is 11.4 Å². The third-order valence-electron chi connectivity index (χ3n) is 5.84. The molecule has 0 bridgehead atoms. The first kappa shape index (κ1) is 29.6. The van der Waals surface area contributed by atoms with Gasteiger partial charge in [-0.05, 0) is 91.4 Å². The van der Waals surface area contributed by atoms with Crippen LogP contribution in [0.3, 0.4) is 0 Å². The van der Waals surface area contributed by atoms with E-state index in [0.717, 1.165) is 15.1 Å². The Morgan fingerprint density at radius 3 is 2.17 bits per heavy atom. The number of methoxy groups -OCH3 is 1. The summed E-state index contributed by atoms with van der Waals surface area (Å²) in [5.74, 6) is -0.381. The number of thioether (sulfide) groups is 1. The number of anilines is 2. The predicted molar refractivity (Wildman–Crippen MR) is 168 cm³/mol. The molecule has 1 unspecified atom stereocenters. The molecule has 0 aromatic heterocycles. The van der Waals surface area contributed by atoms with E-state index in [2.05, 4.69) is 31.9 Å². The van der Waals surface area contributed by atoms with Crippen molar-refractivity contribution in [2.24, 2.45) is 0 Å². The molecular formula is C32H28BrN3O4S. The lowest BCUT2D eigenvalue weighted by atomic mass is 10.1. The maximum atomic E-state index is 13.3. The van der Waals surface area contributed by atoms with Crippen molar-refractivity contribution in [3.8, 4) is 5.75 Å². The topological polar surface area (TPSA) is 96.5 Å². The van der Waals surface area contributed by atoms with Gasteiger partial charge in [0.15, 0.2) is 0 Å². The van der Waals surface area contributed by atoms with Crippen LogP contribution < -0.4 is 20.7 Å². The van der Waals surface area contributed by atoms with Gasteiger partial charge in [0, 0.05) is 26.3 Å². The summed E-state index contributed by atoms with van der Waals surface area (Å²) in [5.41, 5.74) is 2.45. The molecule has 4 aromatic carbocycles. The van der Waals surface area contributed by atoms with Crippen LogP contribution in [0.5, 0.6) is 5.75 Å². The maximum Gasteiger partial charge on any atom is 0.272 e. The fraction of sp³-hybridized carbons (Fsp3) is 0.0938. The first-order valence-electron chi connectivity index (χ1n) is 12.7. The fourth-order valence-corrected chi connectivity index (χ4v) is 4.82. The Morgan fingerprint density at radius 2 is 1.49 bits per heavy atom. The zero-order valence-corrected chi connectivity index (χ0v) is 24.8. The second-order valence-corrected chi connectivity index (χ2v) is 11.2. The highest BCUT2D eigenvalue weighted by Crippen LogP contribution is 2.26. The number of carbonyl (C=O) groups is 3. The normalized spacial score (nSPS) is 11.7. The monoisotopic (exact) mass is 629 g/mol. The van der Waals surface area contributed by atoms with Gasteiger partial charge < -0.3 is 20.7 Å². The van der Waals surface area contributed by atoms with Crippen molar-refractivity contribution in [2.45, 2.75) is 17.1 Å². The molecule has 9 heteroatoms. The highest BCUT2D eigenvalue weighted by atomic mass is 79.9. The summed E-state index contributed by atoms with van der Waals surface area (Å²) in [6, 6.07) is 30.4. The van der Waals surface area contributed by atoms with Gasteiger partial charge >= 0.3 is 0 Å². The number of hydrogen-bond acceptors (Lipinski definition) is 5.